The molecule has 3 aromatic rings. The van der Waals surface area contributed by atoms with Crippen molar-refractivity contribution in [3.63, 3.8) is 0 Å². The fourth-order valence-electron chi connectivity index (χ4n) is 3.00. The smallest absolute Gasteiger partial charge is 0.242 e. The zero-order valence-electron chi connectivity index (χ0n) is 12.7. The molecule has 1 fully saturated rings. The van der Waals surface area contributed by atoms with Crippen LogP contribution in [0.15, 0.2) is 30.6 Å². The van der Waals surface area contributed by atoms with Crippen molar-refractivity contribution in [1.29, 1.82) is 0 Å². The number of nitrogens with two attached hydrogens (primary N) is 1. The van der Waals surface area contributed by atoms with Gasteiger partial charge in [0.1, 0.15) is 23.6 Å². The fraction of sp³-hybridized carbons (Fsp3) is 0.375. The molecule has 0 bridgehead atoms. The van der Waals surface area contributed by atoms with Crippen molar-refractivity contribution >= 4 is 16.7 Å². The van der Waals surface area contributed by atoms with E-state index >= 15 is 0 Å². The highest BCUT2D eigenvalue weighted by Crippen LogP contribution is 2.29. The zero-order chi connectivity index (χ0) is 15.6. The van der Waals surface area contributed by atoms with Gasteiger partial charge in [-0.1, -0.05) is 23.8 Å². The van der Waals surface area contributed by atoms with E-state index in [1.807, 2.05) is 24.3 Å². The molecule has 1 aliphatic carbocycles. The number of nitrogen functional groups attached to an aromatic ring is 1. The van der Waals surface area contributed by atoms with Crippen molar-refractivity contribution in [2.24, 2.45) is 0 Å². The molecule has 0 spiro atoms. The lowest BCUT2D eigenvalue weighted by molar-refractivity contribution is 0.149. The molecule has 7 nitrogen and oxygen atoms in total. The van der Waals surface area contributed by atoms with E-state index in [4.69, 9.17) is 10.5 Å². The van der Waals surface area contributed by atoms with Gasteiger partial charge >= 0.3 is 0 Å². The van der Waals surface area contributed by atoms with E-state index in [0.29, 0.717) is 17.4 Å². The second-order valence-electron chi connectivity index (χ2n) is 5.78. The minimum absolute atomic E-state index is 0.182. The first-order chi connectivity index (χ1) is 11.3. The van der Waals surface area contributed by atoms with E-state index in [0.717, 1.165) is 23.9 Å². The molecule has 4 rings (SSSR count). The standard InChI is InChI=1S/C16H18N6O/c17-14-15(22-13-9-5-4-8-12(13)20-21-22)18-10-19-16(14)23-11-6-2-1-3-7-11/h4-5,8-11H,1-3,6-7,17H2. The Hall–Kier alpha value is -2.70. The van der Waals surface area contributed by atoms with Gasteiger partial charge in [0.25, 0.3) is 0 Å². The zero-order valence-corrected chi connectivity index (χ0v) is 12.7. The van der Waals surface area contributed by atoms with Crippen molar-refractivity contribution in [3.8, 4) is 11.7 Å². The van der Waals surface area contributed by atoms with Gasteiger partial charge in [0.2, 0.25) is 5.88 Å². The molecule has 7 heteroatoms. The molecule has 2 N–H and O–H groups in total. The first kappa shape index (κ1) is 13.9. The van der Waals surface area contributed by atoms with Crippen LogP contribution < -0.4 is 10.5 Å². The molecule has 23 heavy (non-hydrogen) atoms. The summed E-state index contributed by atoms with van der Waals surface area (Å²) < 4.78 is 7.62. The summed E-state index contributed by atoms with van der Waals surface area (Å²) in [4.78, 5) is 8.47. The molecule has 1 saturated carbocycles. The summed E-state index contributed by atoms with van der Waals surface area (Å²) in [6.45, 7) is 0. The van der Waals surface area contributed by atoms with Gasteiger partial charge in [0, 0.05) is 0 Å². The number of anilines is 1. The fourth-order valence-corrected chi connectivity index (χ4v) is 3.00. The van der Waals surface area contributed by atoms with Gasteiger partial charge in [-0.05, 0) is 37.8 Å². The number of hydrogen-bond acceptors (Lipinski definition) is 6. The van der Waals surface area contributed by atoms with Crippen LogP contribution in [0.4, 0.5) is 5.69 Å². The molecule has 2 heterocycles. The third-order valence-electron chi connectivity index (χ3n) is 4.21. The number of ether oxygens (including phenoxy) is 1. The Morgan fingerprint density at radius 1 is 1.09 bits per heavy atom. The summed E-state index contributed by atoms with van der Waals surface area (Å²) in [5.41, 5.74) is 8.28. The van der Waals surface area contributed by atoms with E-state index in [-0.39, 0.29) is 6.10 Å². The van der Waals surface area contributed by atoms with Gasteiger partial charge in [0.15, 0.2) is 5.82 Å². The Bertz CT molecular complexity index is 824. The molecular weight excluding hydrogens is 292 g/mol. The molecule has 0 amide bonds. The van der Waals surface area contributed by atoms with Crippen molar-refractivity contribution in [2.75, 3.05) is 5.73 Å². The van der Waals surface area contributed by atoms with E-state index in [9.17, 15) is 0 Å². The maximum absolute atomic E-state index is 6.24. The maximum Gasteiger partial charge on any atom is 0.242 e. The highest BCUT2D eigenvalue weighted by molar-refractivity contribution is 5.77. The van der Waals surface area contributed by atoms with Crippen molar-refractivity contribution in [3.05, 3.63) is 30.6 Å². The summed E-state index contributed by atoms with van der Waals surface area (Å²) in [5, 5.41) is 8.29. The lowest BCUT2D eigenvalue weighted by Gasteiger charge is -2.23. The molecule has 0 aliphatic heterocycles. The average Bonchev–Trinajstić information content (AvgIpc) is 3.02. The number of hydrogen-bond donors (Lipinski definition) is 1. The first-order valence-corrected chi connectivity index (χ1v) is 7.91. The Labute approximate surface area is 133 Å². The lowest BCUT2D eigenvalue weighted by Crippen LogP contribution is -2.21. The molecule has 118 valence electrons. The SMILES string of the molecule is Nc1c(OC2CCCCC2)ncnc1-n1nnc2ccccc21. The third-order valence-corrected chi connectivity index (χ3v) is 4.21. The van der Waals surface area contributed by atoms with E-state index in [1.165, 1.54) is 25.6 Å². The molecule has 0 radical (unpaired) electrons. The number of aromatic nitrogens is 5. The molecule has 2 aromatic heterocycles. The monoisotopic (exact) mass is 310 g/mol. The summed E-state index contributed by atoms with van der Waals surface area (Å²) in [5.74, 6) is 0.931. The Morgan fingerprint density at radius 2 is 1.91 bits per heavy atom. The molecule has 0 atom stereocenters. The quantitative estimate of drug-likeness (QED) is 0.799. The van der Waals surface area contributed by atoms with Crippen molar-refractivity contribution in [2.45, 2.75) is 38.2 Å². The van der Waals surface area contributed by atoms with Gasteiger partial charge in [-0.3, -0.25) is 0 Å². The van der Waals surface area contributed by atoms with Crippen LogP contribution in [0.25, 0.3) is 16.9 Å². The average molecular weight is 310 g/mol. The molecule has 0 saturated heterocycles. The van der Waals surface area contributed by atoms with Crippen LogP contribution in [0.2, 0.25) is 0 Å². The number of rotatable bonds is 3. The minimum atomic E-state index is 0.182. The van der Waals surface area contributed by atoms with Crippen molar-refractivity contribution in [1.82, 2.24) is 25.0 Å². The van der Waals surface area contributed by atoms with Gasteiger partial charge in [-0.25, -0.2) is 4.98 Å². The Balaban J connectivity index is 1.70. The number of nitrogens with zero attached hydrogens (tertiary/aromatic N) is 5. The van der Waals surface area contributed by atoms with Crippen LogP contribution >= 0.6 is 0 Å². The molecule has 1 aromatic carbocycles. The van der Waals surface area contributed by atoms with Gasteiger partial charge in [0.05, 0.1) is 5.52 Å². The van der Waals surface area contributed by atoms with Gasteiger partial charge < -0.3 is 10.5 Å². The van der Waals surface area contributed by atoms with Crippen LogP contribution in [-0.2, 0) is 0 Å². The highest BCUT2D eigenvalue weighted by Gasteiger charge is 2.20. The van der Waals surface area contributed by atoms with E-state index in [1.54, 1.807) is 4.68 Å². The van der Waals surface area contributed by atoms with Crippen LogP contribution in [0, 0.1) is 0 Å². The molecule has 1 aliphatic rings. The summed E-state index contributed by atoms with van der Waals surface area (Å²) >= 11 is 0. The topological polar surface area (TPSA) is 91.7 Å². The summed E-state index contributed by atoms with van der Waals surface area (Å²) in [7, 11) is 0. The Morgan fingerprint density at radius 3 is 2.78 bits per heavy atom. The van der Waals surface area contributed by atoms with Gasteiger partial charge in [-0.15, -0.1) is 5.10 Å². The van der Waals surface area contributed by atoms with Gasteiger partial charge in [-0.2, -0.15) is 9.67 Å². The van der Waals surface area contributed by atoms with Crippen LogP contribution in [0.1, 0.15) is 32.1 Å². The minimum Gasteiger partial charge on any atom is -0.473 e. The number of benzene rings is 1. The second-order valence-corrected chi connectivity index (χ2v) is 5.78. The Kier molecular flexibility index (Phi) is 3.53. The van der Waals surface area contributed by atoms with Crippen LogP contribution in [-0.4, -0.2) is 31.1 Å². The first-order valence-electron chi connectivity index (χ1n) is 7.91. The normalized spacial score (nSPS) is 15.8. The predicted molar refractivity (Wildman–Crippen MR) is 86.4 cm³/mol. The lowest BCUT2D eigenvalue weighted by atomic mass is 9.98. The second kappa shape index (κ2) is 5.83. The summed E-state index contributed by atoms with van der Waals surface area (Å²) in [6, 6.07) is 7.68. The van der Waals surface area contributed by atoms with Crippen molar-refractivity contribution < 1.29 is 4.74 Å². The maximum atomic E-state index is 6.24. The number of para-hydroxylation sites is 1. The van der Waals surface area contributed by atoms with E-state index < -0.39 is 0 Å². The summed E-state index contributed by atoms with van der Waals surface area (Å²) in [6.07, 6.45) is 7.39. The highest BCUT2D eigenvalue weighted by atomic mass is 16.5. The largest absolute Gasteiger partial charge is 0.473 e. The predicted octanol–water partition coefficient (Wildman–Crippen LogP) is 2.50. The third kappa shape index (κ3) is 2.58. The number of fused-ring (bicyclic) bond motifs is 1. The molecule has 0 unspecified atom stereocenters. The van der Waals surface area contributed by atoms with E-state index in [2.05, 4.69) is 20.3 Å². The van der Waals surface area contributed by atoms with Crippen LogP contribution in [0.3, 0.4) is 0 Å². The molecular formula is C16H18N6O. The van der Waals surface area contributed by atoms with Crippen LogP contribution in [0.5, 0.6) is 5.88 Å².